The summed E-state index contributed by atoms with van der Waals surface area (Å²) >= 11 is 0. The van der Waals surface area contributed by atoms with Crippen LogP contribution >= 0.6 is 0 Å². The highest BCUT2D eigenvalue weighted by atomic mass is 16.3. The van der Waals surface area contributed by atoms with Gasteiger partial charge in [0.2, 0.25) is 0 Å². The van der Waals surface area contributed by atoms with Crippen LogP contribution in [0.25, 0.3) is 0 Å². The molecule has 2 N–H and O–H groups in total. The van der Waals surface area contributed by atoms with Crippen LogP contribution in [-0.4, -0.2) is 31.8 Å². The molecule has 0 bridgehead atoms. The quantitative estimate of drug-likeness (QED) is 0.756. The van der Waals surface area contributed by atoms with Crippen LogP contribution < -0.4 is 10.2 Å². The molecule has 0 saturated heterocycles. The summed E-state index contributed by atoms with van der Waals surface area (Å²) in [6, 6.07) is 7.42. The van der Waals surface area contributed by atoms with Crippen LogP contribution in [0.2, 0.25) is 0 Å². The van der Waals surface area contributed by atoms with Gasteiger partial charge in [-0.05, 0) is 42.6 Å². The summed E-state index contributed by atoms with van der Waals surface area (Å²) < 4.78 is 0. The van der Waals surface area contributed by atoms with Gasteiger partial charge in [-0.2, -0.15) is 0 Å². The van der Waals surface area contributed by atoms with Gasteiger partial charge in [-0.25, -0.2) is 0 Å². The smallest absolute Gasteiger partial charge is 0.115 e. The predicted octanol–water partition coefficient (Wildman–Crippen LogP) is 3.24. The summed E-state index contributed by atoms with van der Waals surface area (Å²) in [7, 11) is 2.12. The van der Waals surface area contributed by atoms with Crippen molar-refractivity contribution in [2.24, 2.45) is 5.41 Å². The van der Waals surface area contributed by atoms with Crippen molar-refractivity contribution in [3.8, 4) is 5.75 Å². The summed E-state index contributed by atoms with van der Waals surface area (Å²) in [5.74, 6) is 0.320. The molecule has 108 valence electrons. The van der Waals surface area contributed by atoms with Gasteiger partial charge in [-0.3, -0.25) is 0 Å². The fourth-order valence-corrected chi connectivity index (χ4v) is 2.62. The third kappa shape index (κ3) is 5.11. The number of anilines is 1. The molecule has 0 radical (unpaired) electrons. The van der Waals surface area contributed by atoms with Gasteiger partial charge >= 0.3 is 0 Å². The molecule has 3 nitrogen and oxygen atoms in total. The number of hydrogen-bond acceptors (Lipinski definition) is 3. The fourth-order valence-electron chi connectivity index (χ4n) is 2.62. The van der Waals surface area contributed by atoms with Crippen molar-refractivity contribution >= 4 is 5.69 Å². The number of nitrogens with one attached hydrogen (secondary N) is 1. The number of rotatable bonds is 8. The molecule has 0 heterocycles. The van der Waals surface area contributed by atoms with Crippen LogP contribution in [0.3, 0.4) is 0 Å². The van der Waals surface area contributed by atoms with E-state index in [0.29, 0.717) is 5.75 Å². The maximum Gasteiger partial charge on any atom is 0.115 e. The minimum absolute atomic E-state index is 0.275. The monoisotopic (exact) mass is 264 g/mol. The van der Waals surface area contributed by atoms with Crippen LogP contribution in [0.5, 0.6) is 5.75 Å². The minimum atomic E-state index is 0.275. The Hall–Kier alpha value is -1.22. The van der Waals surface area contributed by atoms with E-state index in [1.807, 2.05) is 12.1 Å². The zero-order valence-corrected chi connectivity index (χ0v) is 12.7. The van der Waals surface area contributed by atoms with E-state index >= 15 is 0 Å². The molecule has 0 aliphatic heterocycles. The molecule has 0 aliphatic carbocycles. The van der Waals surface area contributed by atoms with E-state index in [0.717, 1.165) is 25.3 Å². The van der Waals surface area contributed by atoms with E-state index in [2.05, 4.69) is 38.0 Å². The molecule has 0 amide bonds. The molecule has 0 saturated carbocycles. The molecule has 3 heteroatoms. The number of hydrogen-bond donors (Lipinski definition) is 2. The summed E-state index contributed by atoms with van der Waals surface area (Å²) in [6.07, 6.45) is 2.41. The lowest BCUT2D eigenvalue weighted by molar-refractivity contribution is 0.286. The Kier molecular flexibility index (Phi) is 6.16. The molecule has 1 aromatic carbocycles. The molecule has 0 aliphatic rings. The zero-order valence-electron chi connectivity index (χ0n) is 12.7. The molecule has 1 aromatic rings. The van der Waals surface area contributed by atoms with Gasteiger partial charge in [0.25, 0.3) is 0 Å². The van der Waals surface area contributed by atoms with Crippen molar-refractivity contribution in [1.82, 2.24) is 5.32 Å². The number of aromatic hydroxyl groups is 1. The molecule has 1 atom stereocenters. The predicted molar refractivity (Wildman–Crippen MR) is 82.9 cm³/mol. The summed E-state index contributed by atoms with van der Waals surface area (Å²) in [6.45, 7) is 9.80. The lowest BCUT2D eigenvalue weighted by atomic mass is 9.84. The van der Waals surface area contributed by atoms with Crippen LogP contribution in [-0.2, 0) is 0 Å². The van der Waals surface area contributed by atoms with Gasteiger partial charge in [0.1, 0.15) is 5.75 Å². The first-order valence-corrected chi connectivity index (χ1v) is 7.21. The molecular formula is C16H28N2O. The van der Waals surface area contributed by atoms with E-state index < -0.39 is 0 Å². The second kappa shape index (κ2) is 7.39. The Morgan fingerprint density at radius 3 is 2.37 bits per heavy atom. The molecule has 1 rings (SSSR count). The first-order chi connectivity index (χ1) is 9.00. The van der Waals surface area contributed by atoms with Gasteiger partial charge in [0, 0.05) is 25.8 Å². The number of phenolic OH excluding ortho intramolecular Hbond substituents is 1. The van der Waals surface area contributed by atoms with Crippen molar-refractivity contribution in [1.29, 1.82) is 0 Å². The maximum atomic E-state index is 9.34. The number of phenols is 1. The Balaban J connectivity index is 2.69. The fraction of sp³-hybridized carbons (Fsp3) is 0.625. The first kappa shape index (κ1) is 15.8. The van der Waals surface area contributed by atoms with Crippen molar-refractivity contribution in [2.45, 2.75) is 33.6 Å². The summed E-state index contributed by atoms with van der Waals surface area (Å²) in [5.41, 5.74) is 1.42. The van der Waals surface area contributed by atoms with E-state index in [1.54, 1.807) is 12.1 Å². The molecular weight excluding hydrogens is 236 g/mol. The molecule has 0 aromatic heterocycles. The lowest BCUT2D eigenvalue weighted by Gasteiger charge is -2.35. The van der Waals surface area contributed by atoms with E-state index in [1.165, 1.54) is 12.8 Å². The maximum absolute atomic E-state index is 9.34. The number of benzene rings is 1. The highest BCUT2D eigenvalue weighted by Crippen LogP contribution is 2.26. The molecule has 0 spiro atoms. The average molecular weight is 264 g/mol. The normalized spacial score (nSPS) is 14.1. The largest absolute Gasteiger partial charge is 0.508 e. The van der Waals surface area contributed by atoms with Gasteiger partial charge in [0.05, 0.1) is 0 Å². The third-order valence-corrected chi connectivity index (χ3v) is 3.56. The molecule has 1 unspecified atom stereocenters. The average Bonchev–Trinajstić information content (AvgIpc) is 2.37. The van der Waals surface area contributed by atoms with Crippen LogP contribution in [0.1, 0.15) is 33.6 Å². The SMILES string of the molecule is CCCC(C)(CNCC)CN(C)c1ccc(O)cc1. The van der Waals surface area contributed by atoms with Crippen LogP contribution in [0, 0.1) is 5.41 Å². The zero-order chi connectivity index (χ0) is 14.3. The number of nitrogens with zero attached hydrogens (tertiary/aromatic N) is 1. The van der Waals surface area contributed by atoms with Gasteiger partial charge in [-0.15, -0.1) is 0 Å². The lowest BCUT2D eigenvalue weighted by Crippen LogP contribution is -2.41. The minimum Gasteiger partial charge on any atom is -0.508 e. The second-order valence-electron chi connectivity index (χ2n) is 5.71. The molecule has 0 fully saturated rings. The summed E-state index contributed by atoms with van der Waals surface area (Å²) in [4.78, 5) is 2.27. The molecule has 19 heavy (non-hydrogen) atoms. The second-order valence-corrected chi connectivity index (χ2v) is 5.71. The Morgan fingerprint density at radius 1 is 1.21 bits per heavy atom. The van der Waals surface area contributed by atoms with E-state index in [4.69, 9.17) is 0 Å². The Morgan fingerprint density at radius 2 is 1.84 bits per heavy atom. The highest BCUT2D eigenvalue weighted by Gasteiger charge is 2.24. The Bertz CT molecular complexity index is 364. The van der Waals surface area contributed by atoms with Crippen molar-refractivity contribution in [3.05, 3.63) is 24.3 Å². The first-order valence-electron chi connectivity index (χ1n) is 7.21. The van der Waals surface area contributed by atoms with Crippen molar-refractivity contribution < 1.29 is 5.11 Å². The van der Waals surface area contributed by atoms with E-state index in [9.17, 15) is 5.11 Å². The van der Waals surface area contributed by atoms with Crippen molar-refractivity contribution in [3.63, 3.8) is 0 Å². The topological polar surface area (TPSA) is 35.5 Å². The van der Waals surface area contributed by atoms with Gasteiger partial charge in [-0.1, -0.05) is 27.2 Å². The van der Waals surface area contributed by atoms with Crippen LogP contribution in [0.4, 0.5) is 5.69 Å². The van der Waals surface area contributed by atoms with Crippen LogP contribution in [0.15, 0.2) is 24.3 Å². The standard InChI is InChI=1S/C16H28N2O/c1-5-11-16(3,12-17-6-2)13-18(4)14-7-9-15(19)10-8-14/h7-10,17,19H,5-6,11-13H2,1-4H3. The summed E-state index contributed by atoms with van der Waals surface area (Å²) in [5, 5.41) is 12.8. The Labute approximate surface area is 117 Å². The third-order valence-electron chi connectivity index (χ3n) is 3.56. The van der Waals surface area contributed by atoms with Crippen molar-refractivity contribution in [2.75, 3.05) is 31.6 Å². The van der Waals surface area contributed by atoms with Gasteiger partial charge in [0.15, 0.2) is 0 Å². The highest BCUT2D eigenvalue weighted by molar-refractivity contribution is 5.48. The van der Waals surface area contributed by atoms with Gasteiger partial charge < -0.3 is 15.3 Å². The van der Waals surface area contributed by atoms with E-state index in [-0.39, 0.29) is 5.41 Å².